The van der Waals surface area contributed by atoms with Crippen LogP contribution in [0.4, 0.5) is 11.4 Å². The smallest absolute Gasteiger partial charge is 0.269 e. The molecule has 0 aliphatic carbocycles. The van der Waals surface area contributed by atoms with Gasteiger partial charge in [0.1, 0.15) is 0 Å². The van der Waals surface area contributed by atoms with Crippen molar-refractivity contribution in [3.05, 3.63) is 33.9 Å². The Bertz CT molecular complexity index is 421. The quantitative estimate of drug-likeness (QED) is 0.447. The number of benzene rings is 1. The molecule has 0 spiro atoms. The molecule has 0 unspecified atom stereocenters. The van der Waals surface area contributed by atoms with E-state index in [9.17, 15) is 10.1 Å². The molecule has 1 aromatic rings. The average molecular weight is 271 g/mol. The molecule has 0 saturated carbocycles. The van der Waals surface area contributed by atoms with Crippen LogP contribution in [0.15, 0.2) is 18.2 Å². The highest BCUT2D eigenvalue weighted by Gasteiger charge is 2.16. The minimum Gasteiger partial charge on any atom is -0.369 e. The van der Waals surface area contributed by atoms with Crippen molar-refractivity contribution in [1.82, 2.24) is 0 Å². The lowest BCUT2D eigenvalue weighted by molar-refractivity contribution is -0.384. The number of nitro benzene ring substituents is 1. The van der Waals surface area contributed by atoms with Gasteiger partial charge in [0.25, 0.3) is 5.69 Å². The average Bonchev–Trinajstić information content (AvgIpc) is 2.34. The van der Waals surface area contributed by atoms with Crippen LogP contribution in [-0.2, 0) is 5.88 Å². The molecule has 0 aliphatic heterocycles. The molecular formula is C13H19ClN2O2. The van der Waals surface area contributed by atoms with Crippen LogP contribution in [0.2, 0.25) is 0 Å². The molecule has 100 valence electrons. The first kappa shape index (κ1) is 14.8. The number of hydrogen-bond acceptors (Lipinski definition) is 3. The number of nitro groups is 1. The van der Waals surface area contributed by atoms with Gasteiger partial charge < -0.3 is 4.90 Å². The van der Waals surface area contributed by atoms with Gasteiger partial charge in [-0.2, -0.15) is 0 Å². The maximum atomic E-state index is 10.8. The molecule has 18 heavy (non-hydrogen) atoms. The standard InChI is InChI=1S/C13H19ClN2O2/c1-4-7-15(10(2)3)13-6-5-12(16(17)18)8-11(13)9-14/h5-6,8,10H,4,7,9H2,1-3H3. The Morgan fingerprint density at radius 3 is 2.56 bits per heavy atom. The van der Waals surface area contributed by atoms with E-state index in [1.165, 1.54) is 6.07 Å². The van der Waals surface area contributed by atoms with Crippen molar-refractivity contribution in [1.29, 1.82) is 0 Å². The fourth-order valence-electron chi connectivity index (χ4n) is 1.97. The molecule has 0 radical (unpaired) electrons. The van der Waals surface area contributed by atoms with Gasteiger partial charge >= 0.3 is 0 Å². The topological polar surface area (TPSA) is 46.4 Å². The van der Waals surface area contributed by atoms with Crippen LogP contribution in [0.5, 0.6) is 0 Å². The number of alkyl halides is 1. The minimum absolute atomic E-state index is 0.0922. The van der Waals surface area contributed by atoms with Gasteiger partial charge in [-0.15, -0.1) is 11.6 Å². The number of rotatable bonds is 6. The van der Waals surface area contributed by atoms with Crippen molar-refractivity contribution >= 4 is 23.0 Å². The van der Waals surface area contributed by atoms with Gasteiger partial charge in [-0.05, 0) is 31.9 Å². The summed E-state index contributed by atoms with van der Waals surface area (Å²) in [5.74, 6) is 0.282. The van der Waals surface area contributed by atoms with Gasteiger partial charge in [0.2, 0.25) is 0 Å². The maximum Gasteiger partial charge on any atom is 0.269 e. The van der Waals surface area contributed by atoms with Gasteiger partial charge in [0, 0.05) is 36.3 Å². The molecule has 0 atom stereocenters. The fraction of sp³-hybridized carbons (Fsp3) is 0.538. The zero-order valence-corrected chi connectivity index (χ0v) is 11.8. The van der Waals surface area contributed by atoms with Crippen molar-refractivity contribution in [2.75, 3.05) is 11.4 Å². The highest BCUT2D eigenvalue weighted by Crippen LogP contribution is 2.28. The van der Waals surface area contributed by atoms with Crippen molar-refractivity contribution in [3.8, 4) is 0 Å². The summed E-state index contributed by atoms with van der Waals surface area (Å²) in [6, 6.07) is 5.24. The summed E-state index contributed by atoms with van der Waals surface area (Å²) in [7, 11) is 0. The van der Waals surface area contributed by atoms with Crippen LogP contribution in [0.3, 0.4) is 0 Å². The van der Waals surface area contributed by atoms with Crippen LogP contribution >= 0.6 is 11.6 Å². The Hall–Kier alpha value is -1.29. The summed E-state index contributed by atoms with van der Waals surface area (Å²) in [4.78, 5) is 12.6. The lowest BCUT2D eigenvalue weighted by Gasteiger charge is -2.30. The van der Waals surface area contributed by atoms with Crippen LogP contribution in [-0.4, -0.2) is 17.5 Å². The van der Waals surface area contributed by atoms with E-state index in [4.69, 9.17) is 11.6 Å². The molecule has 1 rings (SSSR count). The first-order valence-corrected chi connectivity index (χ1v) is 6.64. The molecule has 5 heteroatoms. The van der Waals surface area contributed by atoms with Gasteiger partial charge in [-0.25, -0.2) is 0 Å². The first-order valence-electron chi connectivity index (χ1n) is 6.11. The Morgan fingerprint density at radius 2 is 2.11 bits per heavy atom. The molecule has 1 aromatic carbocycles. The van der Waals surface area contributed by atoms with Crippen molar-refractivity contribution in [2.24, 2.45) is 0 Å². The van der Waals surface area contributed by atoms with E-state index in [0.717, 1.165) is 24.2 Å². The molecule has 0 N–H and O–H groups in total. The van der Waals surface area contributed by atoms with Crippen LogP contribution in [0, 0.1) is 10.1 Å². The minimum atomic E-state index is -0.390. The van der Waals surface area contributed by atoms with E-state index in [1.54, 1.807) is 12.1 Å². The molecular weight excluding hydrogens is 252 g/mol. The monoisotopic (exact) mass is 270 g/mol. The number of nitrogens with zero attached hydrogens (tertiary/aromatic N) is 2. The molecule has 4 nitrogen and oxygen atoms in total. The third-order valence-corrected chi connectivity index (χ3v) is 3.10. The van der Waals surface area contributed by atoms with E-state index in [-0.39, 0.29) is 16.5 Å². The number of anilines is 1. The zero-order chi connectivity index (χ0) is 13.7. The predicted molar refractivity (Wildman–Crippen MR) is 75.4 cm³/mol. The predicted octanol–water partition coefficient (Wildman–Crippen LogP) is 3.96. The van der Waals surface area contributed by atoms with Crippen molar-refractivity contribution in [3.63, 3.8) is 0 Å². The molecule has 0 heterocycles. The van der Waals surface area contributed by atoms with Crippen molar-refractivity contribution in [2.45, 2.75) is 39.1 Å². The Labute approximate surface area is 113 Å². The fourth-order valence-corrected chi connectivity index (χ4v) is 2.18. The lowest BCUT2D eigenvalue weighted by atomic mass is 10.1. The van der Waals surface area contributed by atoms with E-state index < -0.39 is 0 Å². The number of non-ortho nitro benzene ring substituents is 1. The summed E-state index contributed by atoms with van der Waals surface area (Å²) < 4.78 is 0. The molecule has 0 aliphatic rings. The molecule has 0 amide bonds. The van der Waals surface area contributed by atoms with Crippen LogP contribution in [0.25, 0.3) is 0 Å². The SMILES string of the molecule is CCCN(c1ccc([N+](=O)[O-])cc1CCl)C(C)C. The third kappa shape index (κ3) is 3.35. The summed E-state index contributed by atoms with van der Waals surface area (Å²) in [5, 5.41) is 10.8. The second-order valence-electron chi connectivity index (χ2n) is 4.49. The molecule has 0 fully saturated rings. The second-order valence-corrected chi connectivity index (χ2v) is 4.76. The summed E-state index contributed by atoms with van der Waals surface area (Å²) in [5.41, 5.74) is 1.90. The Balaban J connectivity index is 3.17. The van der Waals surface area contributed by atoms with Gasteiger partial charge in [-0.1, -0.05) is 6.92 Å². The second kappa shape index (κ2) is 6.59. The zero-order valence-electron chi connectivity index (χ0n) is 11.0. The van der Waals surface area contributed by atoms with E-state index in [2.05, 4.69) is 25.7 Å². The van der Waals surface area contributed by atoms with E-state index >= 15 is 0 Å². The van der Waals surface area contributed by atoms with Gasteiger partial charge in [0.15, 0.2) is 0 Å². The normalized spacial score (nSPS) is 10.7. The molecule has 0 aromatic heterocycles. The summed E-state index contributed by atoms with van der Waals surface area (Å²) in [6.45, 7) is 7.24. The highest BCUT2D eigenvalue weighted by atomic mass is 35.5. The highest BCUT2D eigenvalue weighted by molar-refractivity contribution is 6.17. The molecule has 0 bridgehead atoms. The number of halogens is 1. The summed E-state index contributed by atoms with van der Waals surface area (Å²) >= 11 is 5.91. The first-order chi connectivity index (χ1) is 8.51. The van der Waals surface area contributed by atoms with E-state index in [1.807, 2.05) is 0 Å². The Kier molecular flexibility index (Phi) is 5.41. The Morgan fingerprint density at radius 1 is 1.44 bits per heavy atom. The van der Waals surface area contributed by atoms with Gasteiger partial charge in [0.05, 0.1) is 4.92 Å². The number of hydrogen-bond donors (Lipinski definition) is 0. The third-order valence-electron chi connectivity index (χ3n) is 2.82. The van der Waals surface area contributed by atoms with E-state index in [0.29, 0.717) is 6.04 Å². The van der Waals surface area contributed by atoms with Gasteiger partial charge in [-0.3, -0.25) is 10.1 Å². The maximum absolute atomic E-state index is 10.8. The largest absolute Gasteiger partial charge is 0.369 e. The van der Waals surface area contributed by atoms with Crippen molar-refractivity contribution < 1.29 is 4.92 Å². The van der Waals surface area contributed by atoms with Crippen LogP contribution < -0.4 is 4.90 Å². The molecule has 0 saturated heterocycles. The lowest BCUT2D eigenvalue weighted by Crippen LogP contribution is -2.32. The van der Waals surface area contributed by atoms with Crippen LogP contribution in [0.1, 0.15) is 32.8 Å². The summed E-state index contributed by atoms with van der Waals surface area (Å²) in [6.07, 6.45) is 1.02.